The molecule has 0 atom stereocenters. The van der Waals surface area contributed by atoms with E-state index in [0.29, 0.717) is 36.0 Å². The molecule has 0 saturated heterocycles. The fraction of sp³-hybridized carbons (Fsp3) is 0.593. The van der Waals surface area contributed by atoms with Gasteiger partial charge in [-0.05, 0) is 30.9 Å². The third-order valence-electron chi connectivity index (χ3n) is 5.58. The molecule has 0 amide bonds. The van der Waals surface area contributed by atoms with Crippen LogP contribution in [0.15, 0.2) is 18.2 Å². The van der Waals surface area contributed by atoms with E-state index in [-0.39, 0.29) is 5.97 Å². The Morgan fingerprint density at radius 2 is 1.44 bits per heavy atom. The fourth-order valence-electron chi connectivity index (χ4n) is 3.84. The predicted molar refractivity (Wildman–Crippen MR) is 130 cm³/mol. The van der Waals surface area contributed by atoms with Gasteiger partial charge in [-0.2, -0.15) is 0 Å². The summed E-state index contributed by atoms with van der Waals surface area (Å²) in [6, 6.07) is 6.22. The van der Waals surface area contributed by atoms with E-state index in [4.69, 9.17) is 18.9 Å². The second-order valence-corrected chi connectivity index (χ2v) is 8.19. The molecular formula is C27H40O5. The number of benzene rings is 2. The number of methoxy groups -OCH3 is 2. The number of rotatable bonds is 15. The molecule has 0 radical (unpaired) electrons. The van der Waals surface area contributed by atoms with Crippen LogP contribution in [0.1, 0.15) is 84.1 Å². The summed E-state index contributed by atoms with van der Waals surface area (Å²) in [7, 11) is 3.15. The second-order valence-electron chi connectivity index (χ2n) is 8.19. The zero-order valence-corrected chi connectivity index (χ0v) is 20.6. The Bertz CT molecular complexity index is 859. The molecule has 5 heteroatoms. The highest BCUT2D eigenvalue weighted by Crippen LogP contribution is 2.51. The number of esters is 1. The summed E-state index contributed by atoms with van der Waals surface area (Å²) in [6.07, 6.45) is 9.73. The summed E-state index contributed by atoms with van der Waals surface area (Å²) in [6.45, 7) is 7.04. The maximum absolute atomic E-state index is 12.7. The normalized spacial score (nSPS) is 10.9. The lowest BCUT2D eigenvalue weighted by molar-refractivity contribution is -0.134. The lowest BCUT2D eigenvalue weighted by Crippen LogP contribution is -2.10. The molecule has 0 aliphatic carbocycles. The molecule has 0 saturated carbocycles. The van der Waals surface area contributed by atoms with Crippen LogP contribution >= 0.6 is 0 Å². The zero-order valence-electron chi connectivity index (χ0n) is 20.6. The number of hydrogen-bond donors (Lipinski definition) is 0. The Morgan fingerprint density at radius 3 is 2.09 bits per heavy atom. The number of aryl methyl sites for hydroxylation is 1. The second kappa shape index (κ2) is 13.9. The first-order valence-electron chi connectivity index (χ1n) is 12.1. The highest BCUT2D eigenvalue weighted by atomic mass is 16.6. The van der Waals surface area contributed by atoms with Crippen LogP contribution in [0.5, 0.6) is 23.0 Å². The average Bonchev–Trinajstić information content (AvgIpc) is 2.80. The molecule has 0 aromatic heterocycles. The zero-order chi connectivity index (χ0) is 23.3. The molecule has 0 N–H and O–H groups in total. The van der Waals surface area contributed by atoms with Crippen molar-refractivity contribution in [2.24, 2.45) is 0 Å². The van der Waals surface area contributed by atoms with Crippen molar-refractivity contribution in [3.05, 3.63) is 23.8 Å². The number of ether oxygens (including phenoxy) is 4. The smallest absolute Gasteiger partial charge is 0.311 e. The minimum Gasteiger partial charge on any atom is -0.490 e. The topological polar surface area (TPSA) is 54.0 Å². The average molecular weight is 445 g/mol. The monoisotopic (exact) mass is 444 g/mol. The highest BCUT2D eigenvalue weighted by molar-refractivity contribution is 6.00. The number of fused-ring (bicyclic) bond motifs is 1. The largest absolute Gasteiger partial charge is 0.490 e. The Hall–Kier alpha value is -2.43. The minimum atomic E-state index is -0.247. The van der Waals surface area contributed by atoms with E-state index >= 15 is 0 Å². The number of carbonyl (C=O) groups excluding carboxylic acids is 1. The van der Waals surface area contributed by atoms with Crippen LogP contribution in [0.2, 0.25) is 0 Å². The first-order chi connectivity index (χ1) is 15.6. The van der Waals surface area contributed by atoms with E-state index in [1.165, 1.54) is 18.4 Å². The van der Waals surface area contributed by atoms with E-state index in [9.17, 15) is 4.79 Å². The van der Waals surface area contributed by atoms with Gasteiger partial charge in [0.15, 0.2) is 11.5 Å². The maximum Gasteiger partial charge on any atom is 0.311 e. The molecule has 0 spiro atoms. The Balaban J connectivity index is 2.47. The first kappa shape index (κ1) is 25.8. The summed E-state index contributed by atoms with van der Waals surface area (Å²) in [5.41, 5.74) is 1.18. The molecule has 0 aliphatic rings. The van der Waals surface area contributed by atoms with Crippen molar-refractivity contribution in [2.75, 3.05) is 20.8 Å². The number of unbranched alkanes of at least 4 members (excludes halogenated alkanes) is 5. The molecular weight excluding hydrogens is 404 g/mol. The van der Waals surface area contributed by atoms with Crippen LogP contribution in [0.3, 0.4) is 0 Å². The van der Waals surface area contributed by atoms with Crippen LogP contribution in [0.4, 0.5) is 0 Å². The Kier molecular flexibility index (Phi) is 11.2. The Morgan fingerprint density at radius 1 is 0.750 bits per heavy atom. The molecule has 0 heterocycles. The van der Waals surface area contributed by atoms with Crippen molar-refractivity contribution in [3.8, 4) is 23.0 Å². The van der Waals surface area contributed by atoms with Gasteiger partial charge in [-0.25, -0.2) is 0 Å². The van der Waals surface area contributed by atoms with Gasteiger partial charge in [-0.3, -0.25) is 4.79 Å². The molecule has 0 bridgehead atoms. The summed E-state index contributed by atoms with van der Waals surface area (Å²) in [4.78, 5) is 12.7. The summed E-state index contributed by atoms with van der Waals surface area (Å²) >= 11 is 0. The van der Waals surface area contributed by atoms with Gasteiger partial charge in [0, 0.05) is 17.2 Å². The maximum atomic E-state index is 12.7. The van der Waals surface area contributed by atoms with Crippen LogP contribution in [0, 0.1) is 0 Å². The van der Waals surface area contributed by atoms with Gasteiger partial charge in [0.2, 0.25) is 11.5 Å². The van der Waals surface area contributed by atoms with E-state index in [1.54, 1.807) is 14.2 Å². The summed E-state index contributed by atoms with van der Waals surface area (Å²) < 4.78 is 23.4. The van der Waals surface area contributed by atoms with Gasteiger partial charge in [-0.1, -0.05) is 71.4 Å². The van der Waals surface area contributed by atoms with Gasteiger partial charge in [0.05, 0.1) is 20.8 Å². The van der Waals surface area contributed by atoms with Crippen molar-refractivity contribution in [2.45, 2.75) is 85.0 Å². The third kappa shape index (κ3) is 6.78. The summed E-state index contributed by atoms with van der Waals surface area (Å²) in [5, 5.41) is 1.68. The minimum absolute atomic E-state index is 0.247. The SMILES string of the molecule is CCCCCCCC(=O)Oc1c(OC)c(OC)c(OCCCC)c2ccc(CCC)cc12. The fourth-order valence-corrected chi connectivity index (χ4v) is 3.84. The van der Waals surface area contributed by atoms with Crippen LogP contribution in [-0.2, 0) is 11.2 Å². The van der Waals surface area contributed by atoms with Crippen LogP contribution in [0.25, 0.3) is 10.8 Å². The molecule has 2 aromatic carbocycles. The third-order valence-corrected chi connectivity index (χ3v) is 5.58. The van der Waals surface area contributed by atoms with Gasteiger partial charge in [-0.15, -0.1) is 0 Å². The van der Waals surface area contributed by atoms with Crippen molar-refractivity contribution >= 4 is 16.7 Å². The molecule has 0 aliphatic heterocycles. The van der Waals surface area contributed by atoms with Crippen molar-refractivity contribution in [3.63, 3.8) is 0 Å². The van der Waals surface area contributed by atoms with Crippen molar-refractivity contribution in [1.29, 1.82) is 0 Å². The van der Waals surface area contributed by atoms with Crippen molar-refractivity contribution in [1.82, 2.24) is 0 Å². The quantitative estimate of drug-likeness (QED) is 0.164. The lowest BCUT2D eigenvalue weighted by Gasteiger charge is -2.20. The standard InChI is InChI=1S/C27H40O5/c1-6-9-11-12-13-15-23(28)32-25-22-19-20(14-8-3)16-17-21(22)24(31-18-10-7-2)26(29-4)27(25)30-5/h16-17,19H,6-15,18H2,1-5H3. The molecule has 0 fully saturated rings. The van der Waals surface area contributed by atoms with Gasteiger partial charge in [0.1, 0.15) is 0 Å². The molecule has 32 heavy (non-hydrogen) atoms. The number of carbonyl (C=O) groups is 1. The summed E-state index contributed by atoms with van der Waals surface area (Å²) in [5.74, 6) is 1.67. The molecule has 0 unspecified atom stereocenters. The highest BCUT2D eigenvalue weighted by Gasteiger charge is 2.25. The molecule has 178 valence electrons. The number of hydrogen-bond acceptors (Lipinski definition) is 5. The van der Waals surface area contributed by atoms with E-state index < -0.39 is 0 Å². The van der Waals surface area contributed by atoms with Gasteiger partial charge >= 0.3 is 5.97 Å². The van der Waals surface area contributed by atoms with E-state index in [2.05, 4.69) is 32.9 Å². The van der Waals surface area contributed by atoms with Crippen LogP contribution in [-0.4, -0.2) is 26.8 Å². The predicted octanol–water partition coefficient (Wildman–Crippen LogP) is 7.25. The van der Waals surface area contributed by atoms with Gasteiger partial charge in [0.25, 0.3) is 0 Å². The molecule has 5 nitrogen and oxygen atoms in total. The van der Waals surface area contributed by atoms with E-state index in [1.807, 2.05) is 6.07 Å². The lowest BCUT2D eigenvalue weighted by atomic mass is 10.0. The van der Waals surface area contributed by atoms with E-state index in [0.717, 1.165) is 55.7 Å². The first-order valence-corrected chi connectivity index (χ1v) is 12.1. The van der Waals surface area contributed by atoms with Crippen molar-refractivity contribution < 1.29 is 23.7 Å². The molecule has 2 aromatic rings. The van der Waals surface area contributed by atoms with Gasteiger partial charge < -0.3 is 18.9 Å². The van der Waals surface area contributed by atoms with Crippen LogP contribution < -0.4 is 18.9 Å². The Labute approximate surface area is 193 Å². The molecule has 2 rings (SSSR count).